The number of carbonyl (C=O) groups excluding carboxylic acids is 2. The van der Waals surface area contributed by atoms with E-state index in [4.69, 9.17) is 0 Å². The molecule has 1 aromatic carbocycles. The molecule has 0 saturated carbocycles. The Morgan fingerprint density at radius 2 is 1.88 bits per heavy atom. The molecular formula is C18H18IN3O2. The summed E-state index contributed by atoms with van der Waals surface area (Å²) in [4.78, 5) is 30.6. The number of likely N-dealkylation sites (tertiary alicyclic amines) is 1. The highest BCUT2D eigenvalue weighted by atomic mass is 127. The summed E-state index contributed by atoms with van der Waals surface area (Å²) in [6.07, 6.45) is 4.78. The number of amides is 2. The second kappa shape index (κ2) is 7.74. The molecule has 2 heterocycles. The fourth-order valence-electron chi connectivity index (χ4n) is 2.81. The third kappa shape index (κ3) is 3.92. The molecule has 3 rings (SSSR count). The van der Waals surface area contributed by atoms with Crippen LogP contribution in [0.5, 0.6) is 0 Å². The molecule has 0 aliphatic carbocycles. The molecule has 1 saturated heterocycles. The van der Waals surface area contributed by atoms with Crippen LogP contribution >= 0.6 is 22.6 Å². The van der Waals surface area contributed by atoms with Gasteiger partial charge in [0.05, 0.1) is 11.1 Å². The van der Waals surface area contributed by atoms with Gasteiger partial charge in [-0.05, 0) is 59.7 Å². The van der Waals surface area contributed by atoms with Crippen LogP contribution in [0.3, 0.4) is 0 Å². The predicted octanol–water partition coefficient (Wildman–Crippen LogP) is 2.72. The lowest BCUT2D eigenvalue weighted by Crippen LogP contribution is -2.46. The van der Waals surface area contributed by atoms with Crippen molar-refractivity contribution >= 4 is 34.4 Å². The maximum Gasteiger partial charge on any atom is 0.255 e. The standard InChI is InChI=1S/C18H18IN3O2/c19-16-6-2-1-5-15(16)17(23)21-14-7-10-22(11-8-14)18(24)13-4-3-9-20-12-13/h1-6,9,12,14H,7-8,10-11H2,(H,21,23). The zero-order valence-corrected chi connectivity index (χ0v) is 15.3. The summed E-state index contributed by atoms with van der Waals surface area (Å²) in [7, 11) is 0. The zero-order valence-electron chi connectivity index (χ0n) is 13.1. The van der Waals surface area contributed by atoms with Crippen LogP contribution < -0.4 is 5.32 Å². The van der Waals surface area contributed by atoms with Crippen LogP contribution in [-0.4, -0.2) is 40.8 Å². The van der Waals surface area contributed by atoms with Crippen LogP contribution in [0.2, 0.25) is 0 Å². The zero-order chi connectivity index (χ0) is 16.9. The normalized spacial score (nSPS) is 15.1. The van der Waals surface area contributed by atoms with Gasteiger partial charge in [-0.15, -0.1) is 0 Å². The minimum atomic E-state index is -0.0444. The van der Waals surface area contributed by atoms with E-state index in [0.717, 1.165) is 16.4 Å². The summed E-state index contributed by atoms with van der Waals surface area (Å²) in [5, 5.41) is 3.08. The average molecular weight is 435 g/mol. The molecule has 1 aliphatic rings. The lowest BCUT2D eigenvalue weighted by molar-refractivity contribution is 0.0697. The Labute approximate surface area is 154 Å². The lowest BCUT2D eigenvalue weighted by atomic mass is 10.0. The Morgan fingerprint density at radius 3 is 2.54 bits per heavy atom. The molecule has 1 fully saturated rings. The molecule has 1 aromatic heterocycles. The highest BCUT2D eigenvalue weighted by Crippen LogP contribution is 2.16. The van der Waals surface area contributed by atoms with Gasteiger partial charge in [0.15, 0.2) is 0 Å². The number of hydrogen-bond acceptors (Lipinski definition) is 3. The third-order valence-corrected chi connectivity index (χ3v) is 5.09. The van der Waals surface area contributed by atoms with Crippen molar-refractivity contribution in [1.82, 2.24) is 15.2 Å². The first-order valence-corrected chi connectivity index (χ1v) is 8.97. The molecule has 0 spiro atoms. The third-order valence-electron chi connectivity index (χ3n) is 4.14. The highest BCUT2D eigenvalue weighted by molar-refractivity contribution is 14.1. The fraction of sp³-hybridized carbons (Fsp3) is 0.278. The Kier molecular flexibility index (Phi) is 5.44. The van der Waals surface area contributed by atoms with E-state index in [1.807, 2.05) is 29.2 Å². The molecule has 1 aliphatic heterocycles. The van der Waals surface area contributed by atoms with Gasteiger partial charge < -0.3 is 10.2 Å². The molecule has 1 N–H and O–H groups in total. The smallest absolute Gasteiger partial charge is 0.255 e. The summed E-state index contributed by atoms with van der Waals surface area (Å²) in [6, 6.07) is 11.2. The Hall–Kier alpha value is -1.96. The lowest BCUT2D eigenvalue weighted by Gasteiger charge is -2.32. The summed E-state index contributed by atoms with van der Waals surface area (Å²) >= 11 is 2.17. The van der Waals surface area contributed by atoms with Gasteiger partial charge in [0.1, 0.15) is 0 Å². The van der Waals surface area contributed by atoms with E-state index < -0.39 is 0 Å². The molecule has 24 heavy (non-hydrogen) atoms. The quantitative estimate of drug-likeness (QED) is 0.755. The van der Waals surface area contributed by atoms with Gasteiger partial charge in [-0.1, -0.05) is 12.1 Å². The molecule has 124 valence electrons. The monoisotopic (exact) mass is 435 g/mol. The second-order valence-electron chi connectivity index (χ2n) is 5.76. The molecule has 0 bridgehead atoms. The summed E-state index contributed by atoms with van der Waals surface area (Å²) in [6.45, 7) is 1.29. The van der Waals surface area contributed by atoms with Crippen molar-refractivity contribution < 1.29 is 9.59 Å². The molecule has 0 atom stereocenters. The van der Waals surface area contributed by atoms with Gasteiger partial charge >= 0.3 is 0 Å². The number of aromatic nitrogens is 1. The van der Waals surface area contributed by atoms with Crippen LogP contribution in [0.1, 0.15) is 33.6 Å². The van der Waals surface area contributed by atoms with Gasteiger partial charge in [-0.2, -0.15) is 0 Å². The maximum atomic E-state index is 12.4. The Balaban J connectivity index is 1.55. The van der Waals surface area contributed by atoms with Crippen molar-refractivity contribution in [3.05, 3.63) is 63.5 Å². The largest absolute Gasteiger partial charge is 0.349 e. The van der Waals surface area contributed by atoms with E-state index in [1.165, 1.54) is 0 Å². The summed E-state index contributed by atoms with van der Waals surface area (Å²) in [5.74, 6) is -0.0393. The van der Waals surface area contributed by atoms with Crippen LogP contribution in [0.15, 0.2) is 48.8 Å². The molecule has 6 heteroatoms. The number of nitrogens with one attached hydrogen (secondary N) is 1. The van der Waals surface area contributed by atoms with Crippen LogP contribution in [-0.2, 0) is 0 Å². The Morgan fingerprint density at radius 1 is 1.12 bits per heavy atom. The van der Waals surface area contributed by atoms with E-state index >= 15 is 0 Å². The van der Waals surface area contributed by atoms with E-state index in [-0.39, 0.29) is 17.9 Å². The number of benzene rings is 1. The second-order valence-corrected chi connectivity index (χ2v) is 6.92. The molecular weight excluding hydrogens is 417 g/mol. The van der Waals surface area contributed by atoms with Gasteiger partial charge in [0.25, 0.3) is 11.8 Å². The number of nitrogens with zero attached hydrogens (tertiary/aromatic N) is 2. The molecule has 0 unspecified atom stereocenters. The number of pyridine rings is 1. The van der Waals surface area contributed by atoms with Crippen LogP contribution in [0, 0.1) is 3.57 Å². The number of carbonyl (C=O) groups is 2. The fourth-order valence-corrected chi connectivity index (χ4v) is 3.44. The predicted molar refractivity (Wildman–Crippen MR) is 99.8 cm³/mol. The molecule has 0 radical (unpaired) electrons. The summed E-state index contributed by atoms with van der Waals surface area (Å²) in [5.41, 5.74) is 1.31. The molecule has 2 aromatic rings. The van der Waals surface area contributed by atoms with E-state index in [0.29, 0.717) is 24.2 Å². The first-order valence-electron chi connectivity index (χ1n) is 7.90. The highest BCUT2D eigenvalue weighted by Gasteiger charge is 2.25. The van der Waals surface area contributed by atoms with E-state index in [9.17, 15) is 9.59 Å². The number of halogens is 1. The average Bonchev–Trinajstić information content (AvgIpc) is 2.63. The Bertz CT molecular complexity index is 728. The van der Waals surface area contributed by atoms with Gasteiger partial charge in [-0.25, -0.2) is 0 Å². The van der Waals surface area contributed by atoms with E-state index in [2.05, 4.69) is 32.9 Å². The van der Waals surface area contributed by atoms with E-state index in [1.54, 1.807) is 24.5 Å². The van der Waals surface area contributed by atoms with Crippen molar-refractivity contribution in [1.29, 1.82) is 0 Å². The topological polar surface area (TPSA) is 62.3 Å². The van der Waals surface area contributed by atoms with Crippen LogP contribution in [0.25, 0.3) is 0 Å². The van der Waals surface area contributed by atoms with Crippen LogP contribution in [0.4, 0.5) is 0 Å². The SMILES string of the molecule is O=C(NC1CCN(C(=O)c2cccnc2)CC1)c1ccccc1I. The van der Waals surface area contributed by atoms with Gasteiger partial charge in [-0.3, -0.25) is 14.6 Å². The summed E-state index contributed by atoms with van der Waals surface area (Å²) < 4.78 is 0.941. The number of rotatable bonds is 3. The number of piperidine rings is 1. The minimum Gasteiger partial charge on any atom is -0.349 e. The van der Waals surface area contributed by atoms with Crippen molar-refractivity contribution in [2.75, 3.05) is 13.1 Å². The van der Waals surface area contributed by atoms with Crippen molar-refractivity contribution in [2.45, 2.75) is 18.9 Å². The first kappa shape index (κ1) is 16.9. The van der Waals surface area contributed by atoms with Crippen molar-refractivity contribution in [3.63, 3.8) is 0 Å². The first-order chi connectivity index (χ1) is 11.6. The number of hydrogen-bond donors (Lipinski definition) is 1. The van der Waals surface area contributed by atoms with Gasteiger partial charge in [0.2, 0.25) is 0 Å². The molecule has 5 nitrogen and oxygen atoms in total. The van der Waals surface area contributed by atoms with Crippen molar-refractivity contribution in [3.8, 4) is 0 Å². The minimum absolute atomic E-state index is 0.00508. The maximum absolute atomic E-state index is 12.4. The molecule has 2 amide bonds. The van der Waals surface area contributed by atoms with Crippen molar-refractivity contribution in [2.24, 2.45) is 0 Å². The van der Waals surface area contributed by atoms with Gasteiger partial charge in [0, 0.05) is 35.1 Å².